The Bertz CT molecular complexity index is 995. The van der Waals surface area contributed by atoms with Gasteiger partial charge in [-0.25, -0.2) is 4.39 Å². The molecule has 27 heavy (non-hydrogen) atoms. The summed E-state index contributed by atoms with van der Waals surface area (Å²) < 4.78 is 16.8. The third kappa shape index (κ3) is 3.23. The lowest BCUT2D eigenvalue weighted by molar-refractivity contribution is 0.288. The molecule has 0 saturated heterocycles. The molecule has 0 radical (unpaired) electrons. The van der Waals surface area contributed by atoms with Crippen LogP contribution in [0.15, 0.2) is 60.8 Å². The Morgan fingerprint density at radius 3 is 2.67 bits per heavy atom. The van der Waals surface area contributed by atoms with Gasteiger partial charge in [0.15, 0.2) is 5.11 Å². The van der Waals surface area contributed by atoms with Crippen LogP contribution in [0, 0.1) is 19.7 Å². The molecule has 1 aliphatic heterocycles. The Morgan fingerprint density at radius 1 is 1.04 bits per heavy atom. The Balaban J connectivity index is 1.71. The average molecular weight is 380 g/mol. The first-order valence-corrected chi connectivity index (χ1v) is 9.50. The van der Waals surface area contributed by atoms with Gasteiger partial charge in [0.05, 0.1) is 6.04 Å². The fraction of sp³-hybridized carbons (Fsp3) is 0.227. The molecule has 2 aromatic carbocycles. The van der Waals surface area contributed by atoms with E-state index in [2.05, 4.69) is 34.7 Å². The number of thiocarbonyl (C=S) groups is 1. The molecule has 1 aromatic heterocycles. The Hall–Kier alpha value is -2.66. The van der Waals surface area contributed by atoms with Crippen molar-refractivity contribution < 1.29 is 4.39 Å². The second-order valence-electron chi connectivity index (χ2n) is 6.92. The molecule has 4 rings (SSSR count). The van der Waals surface area contributed by atoms with Crippen molar-refractivity contribution in [3.8, 4) is 0 Å². The number of fused-ring (bicyclic) bond motifs is 1. The zero-order valence-corrected chi connectivity index (χ0v) is 16.3. The van der Waals surface area contributed by atoms with Gasteiger partial charge in [-0.05, 0) is 61.5 Å². The molecule has 5 heteroatoms. The van der Waals surface area contributed by atoms with Gasteiger partial charge in [-0.1, -0.05) is 30.3 Å². The van der Waals surface area contributed by atoms with Gasteiger partial charge >= 0.3 is 0 Å². The van der Waals surface area contributed by atoms with E-state index in [-0.39, 0.29) is 11.9 Å². The predicted octanol–water partition coefficient (Wildman–Crippen LogP) is 5.05. The van der Waals surface area contributed by atoms with Gasteiger partial charge in [-0.2, -0.15) is 0 Å². The molecule has 138 valence electrons. The van der Waals surface area contributed by atoms with E-state index in [0.717, 1.165) is 24.5 Å². The van der Waals surface area contributed by atoms with Crippen LogP contribution in [0.5, 0.6) is 0 Å². The number of hydrogen-bond donors (Lipinski definition) is 1. The number of rotatable bonds is 2. The average Bonchev–Trinajstić information content (AvgIpc) is 3.14. The van der Waals surface area contributed by atoms with Crippen LogP contribution in [0.2, 0.25) is 0 Å². The Morgan fingerprint density at radius 2 is 1.85 bits per heavy atom. The SMILES string of the molecule is Cc1cccc(NC(=S)N2CCn3cccc3[C@@H]2c2ccccc2F)c1C. The highest BCUT2D eigenvalue weighted by Gasteiger charge is 2.32. The minimum atomic E-state index is -0.250. The van der Waals surface area contributed by atoms with Crippen LogP contribution in [-0.4, -0.2) is 21.1 Å². The number of aryl methyl sites for hydroxylation is 1. The Kier molecular flexibility index (Phi) is 4.70. The number of nitrogens with one attached hydrogen (secondary N) is 1. The van der Waals surface area contributed by atoms with E-state index in [0.29, 0.717) is 10.7 Å². The van der Waals surface area contributed by atoms with Gasteiger partial charge in [0, 0.05) is 36.2 Å². The topological polar surface area (TPSA) is 20.2 Å². The van der Waals surface area contributed by atoms with Crippen molar-refractivity contribution >= 4 is 23.0 Å². The lowest BCUT2D eigenvalue weighted by atomic mass is 9.99. The maximum atomic E-state index is 14.7. The van der Waals surface area contributed by atoms with Crippen LogP contribution in [0.3, 0.4) is 0 Å². The fourth-order valence-corrected chi connectivity index (χ4v) is 4.01. The van der Waals surface area contributed by atoms with E-state index in [1.54, 1.807) is 6.07 Å². The van der Waals surface area contributed by atoms with Crippen LogP contribution in [0.1, 0.15) is 28.4 Å². The second kappa shape index (κ2) is 7.16. The highest BCUT2D eigenvalue weighted by Crippen LogP contribution is 2.34. The largest absolute Gasteiger partial charge is 0.348 e. The molecule has 0 aliphatic carbocycles. The molecule has 0 amide bonds. The minimum absolute atomic E-state index is 0.211. The first-order valence-electron chi connectivity index (χ1n) is 9.09. The van der Waals surface area contributed by atoms with Crippen molar-refractivity contribution in [2.75, 3.05) is 11.9 Å². The zero-order valence-electron chi connectivity index (χ0n) is 15.4. The van der Waals surface area contributed by atoms with Crippen molar-refractivity contribution in [3.63, 3.8) is 0 Å². The summed E-state index contributed by atoms with van der Waals surface area (Å²) >= 11 is 5.77. The van der Waals surface area contributed by atoms with E-state index in [1.165, 1.54) is 17.2 Å². The zero-order chi connectivity index (χ0) is 19.0. The predicted molar refractivity (Wildman–Crippen MR) is 112 cm³/mol. The number of anilines is 1. The van der Waals surface area contributed by atoms with Crippen LogP contribution < -0.4 is 5.32 Å². The van der Waals surface area contributed by atoms with Crippen molar-refractivity contribution in [1.82, 2.24) is 9.47 Å². The molecular weight excluding hydrogens is 357 g/mol. The maximum Gasteiger partial charge on any atom is 0.174 e. The van der Waals surface area contributed by atoms with E-state index in [1.807, 2.05) is 42.6 Å². The highest BCUT2D eigenvalue weighted by molar-refractivity contribution is 7.80. The number of nitrogens with zero attached hydrogens (tertiary/aromatic N) is 2. The molecule has 2 heterocycles. The van der Waals surface area contributed by atoms with Crippen LogP contribution >= 0.6 is 12.2 Å². The lowest BCUT2D eigenvalue weighted by Crippen LogP contribution is -2.44. The molecule has 3 nitrogen and oxygen atoms in total. The molecule has 0 saturated carbocycles. The smallest absolute Gasteiger partial charge is 0.174 e. The fourth-order valence-electron chi connectivity index (χ4n) is 3.70. The van der Waals surface area contributed by atoms with Crippen molar-refractivity contribution in [2.24, 2.45) is 0 Å². The number of benzene rings is 2. The van der Waals surface area contributed by atoms with E-state index < -0.39 is 0 Å². The Labute approximate surface area is 164 Å². The maximum absolute atomic E-state index is 14.7. The molecule has 1 atom stereocenters. The molecular formula is C22H22FN3S. The van der Waals surface area contributed by atoms with Gasteiger partial charge in [0.1, 0.15) is 5.82 Å². The van der Waals surface area contributed by atoms with Crippen molar-refractivity contribution in [1.29, 1.82) is 0 Å². The standard InChI is InChI=1S/C22H22FN3S/c1-15-7-5-10-19(16(15)2)24-22(27)26-14-13-25-12-6-11-20(25)21(26)17-8-3-4-9-18(17)23/h3-12,21H,13-14H2,1-2H3,(H,24,27)/t21-/m0/s1. The van der Waals surface area contributed by atoms with Crippen molar-refractivity contribution in [2.45, 2.75) is 26.4 Å². The first kappa shape index (κ1) is 17.7. The first-order chi connectivity index (χ1) is 13.1. The normalized spacial score (nSPS) is 16.1. The van der Waals surface area contributed by atoms with Gasteiger partial charge < -0.3 is 14.8 Å². The van der Waals surface area contributed by atoms with Crippen molar-refractivity contribution in [3.05, 3.63) is 89.0 Å². The second-order valence-corrected chi connectivity index (χ2v) is 7.31. The third-order valence-electron chi connectivity index (χ3n) is 5.35. The molecule has 1 aliphatic rings. The van der Waals surface area contributed by atoms with E-state index >= 15 is 0 Å². The number of hydrogen-bond acceptors (Lipinski definition) is 1. The van der Waals surface area contributed by atoms with Gasteiger partial charge in [0.25, 0.3) is 0 Å². The molecule has 0 fully saturated rings. The molecule has 1 N–H and O–H groups in total. The third-order valence-corrected chi connectivity index (χ3v) is 5.68. The van der Waals surface area contributed by atoms with Crippen LogP contribution in [-0.2, 0) is 6.54 Å². The summed E-state index contributed by atoms with van der Waals surface area (Å²) in [7, 11) is 0. The molecule has 3 aromatic rings. The van der Waals surface area contributed by atoms with Gasteiger partial charge in [0.2, 0.25) is 0 Å². The summed E-state index contributed by atoms with van der Waals surface area (Å²) in [4.78, 5) is 2.09. The van der Waals surface area contributed by atoms with E-state index in [9.17, 15) is 4.39 Å². The molecule has 0 unspecified atom stereocenters. The summed E-state index contributed by atoms with van der Waals surface area (Å²) in [5.74, 6) is -0.211. The summed E-state index contributed by atoms with van der Waals surface area (Å²) in [5, 5.41) is 4.00. The highest BCUT2D eigenvalue weighted by atomic mass is 32.1. The van der Waals surface area contributed by atoms with E-state index in [4.69, 9.17) is 12.2 Å². The molecule has 0 bridgehead atoms. The van der Waals surface area contributed by atoms with Crippen LogP contribution in [0.25, 0.3) is 0 Å². The summed E-state index contributed by atoms with van der Waals surface area (Å²) in [5.41, 5.74) is 5.07. The van der Waals surface area contributed by atoms with Crippen LogP contribution in [0.4, 0.5) is 10.1 Å². The van der Waals surface area contributed by atoms with Gasteiger partial charge in [-0.15, -0.1) is 0 Å². The summed E-state index contributed by atoms with van der Waals surface area (Å²) in [6.07, 6.45) is 2.04. The monoisotopic (exact) mass is 379 g/mol. The quantitative estimate of drug-likeness (QED) is 0.630. The number of aromatic nitrogens is 1. The minimum Gasteiger partial charge on any atom is -0.348 e. The lowest BCUT2D eigenvalue weighted by Gasteiger charge is -2.39. The number of halogens is 1. The molecule has 0 spiro atoms. The summed E-state index contributed by atoms with van der Waals surface area (Å²) in [6, 6.07) is 16.9. The van der Waals surface area contributed by atoms with Gasteiger partial charge in [-0.3, -0.25) is 0 Å². The summed E-state index contributed by atoms with van der Waals surface area (Å²) in [6.45, 7) is 5.70.